The summed E-state index contributed by atoms with van der Waals surface area (Å²) in [5.74, 6) is 0.490. The minimum atomic E-state index is -4.58. The molecule has 1 aromatic carbocycles. The third-order valence-corrected chi connectivity index (χ3v) is 9.20. The zero-order valence-corrected chi connectivity index (χ0v) is 26.5. The highest BCUT2D eigenvalue weighted by molar-refractivity contribution is 7.46. The van der Waals surface area contributed by atoms with Crippen molar-refractivity contribution >= 4 is 13.8 Å². The van der Waals surface area contributed by atoms with Gasteiger partial charge in [0.25, 0.3) is 0 Å². The van der Waals surface area contributed by atoms with Crippen LogP contribution in [-0.2, 0) is 25.4 Å². The maximum absolute atomic E-state index is 12.3. The van der Waals surface area contributed by atoms with Crippen molar-refractivity contribution in [1.82, 2.24) is 0 Å². The second kappa shape index (κ2) is 16.5. The Kier molecular flexibility index (Phi) is 13.8. The van der Waals surface area contributed by atoms with E-state index in [9.17, 15) is 19.6 Å². The van der Waals surface area contributed by atoms with E-state index in [4.69, 9.17) is 19.3 Å². The quantitative estimate of drug-likeness (QED) is 0.0754. The molecule has 11 heteroatoms. The summed E-state index contributed by atoms with van der Waals surface area (Å²) in [5, 5.41) is 20.9. The molecule has 2 fully saturated rings. The molecule has 10 nitrogen and oxygen atoms in total. The van der Waals surface area contributed by atoms with E-state index in [0.29, 0.717) is 42.9 Å². The van der Waals surface area contributed by atoms with Crippen molar-refractivity contribution in [3.63, 3.8) is 0 Å². The van der Waals surface area contributed by atoms with Crippen LogP contribution in [0.15, 0.2) is 24.3 Å². The molecule has 6 atom stereocenters. The lowest BCUT2D eigenvalue weighted by atomic mass is 9.85. The molecule has 4 N–H and O–H groups in total. The lowest BCUT2D eigenvalue weighted by Crippen LogP contribution is -2.41. The van der Waals surface area contributed by atoms with Crippen LogP contribution >= 0.6 is 7.82 Å². The van der Waals surface area contributed by atoms with E-state index >= 15 is 0 Å². The van der Waals surface area contributed by atoms with Gasteiger partial charge < -0.3 is 28.7 Å². The number of carbonyl (C=O) groups excluding carboxylic acids is 1. The summed E-state index contributed by atoms with van der Waals surface area (Å²) < 4.78 is 27.9. The Hall–Kier alpha value is -1.52. The number of phosphoric ester groups is 1. The average molecular weight is 615 g/mol. The summed E-state index contributed by atoms with van der Waals surface area (Å²) in [6.45, 7) is 3.77. The zero-order chi connectivity index (χ0) is 30.8. The molecule has 42 heavy (non-hydrogen) atoms. The summed E-state index contributed by atoms with van der Waals surface area (Å²) >= 11 is 0. The van der Waals surface area contributed by atoms with E-state index < -0.39 is 7.82 Å². The van der Waals surface area contributed by atoms with E-state index in [1.807, 2.05) is 14.1 Å². The van der Waals surface area contributed by atoms with Gasteiger partial charge in [0.15, 0.2) is 0 Å². The van der Waals surface area contributed by atoms with E-state index in [1.165, 1.54) is 12.1 Å². The number of benzene rings is 1. The molecule has 1 aromatic rings. The maximum Gasteiger partial charge on any atom is 0.524 e. The predicted octanol–water partition coefficient (Wildman–Crippen LogP) is 4.71. The lowest BCUT2D eigenvalue weighted by molar-refractivity contribution is -0.903. The number of fused-ring (bicyclic) bond motifs is 1. The van der Waals surface area contributed by atoms with Gasteiger partial charge in [-0.05, 0) is 74.6 Å². The Morgan fingerprint density at radius 3 is 2.50 bits per heavy atom. The molecule has 3 rings (SSSR count). The number of ether oxygens (including phenoxy) is 2. The Labute approximate surface area is 251 Å². The first-order chi connectivity index (χ1) is 19.8. The van der Waals surface area contributed by atoms with Gasteiger partial charge in [-0.3, -0.25) is 14.6 Å². The highest BCUT2D eigenvalue weighted by Gasteiger charge is 2.48. The fraction of sp³-hybridized carbons (Fsp3) is 0.774. The van der Waals surface area contributed by atoms with Gasteiger partial charge in [-0.15, -0.1) is 0 Å². The third kappa shape index (κ3) is 12.2. The van der Waals surface area contributed by atoms with Gasteiger partial charge in [-0.2, -0.15) is 0 Å². The average Bonchev–Trinajstić information content (AvgIpc) is 3.41. The topological polar surface area (TPSA) is 143 Å². The van der Waals surface area contributed by atoms with Crippen LogP contribution in [0.3, 0.4) is 0 Å². The highest BCUT2D eigenvalue weighted by atomic mass is 31.2. The molecule has 0 unspecified atom stereocenters. The van der Waals surface area contributed by atoms with Crippen molar-refractivity contribution in [2.45, 2.75) is 115 Å². The van der Waals surface area contributed by atoms with Crippen molar-refractivity contribution in [3.05, 3.63) is 29.8 Å². The number of hydrogen-bond acceptors (Lipinski definition) is 7. The Balaban J connectivity index is 1.27. The number of likely N-dealkylation sites (N-methyl/N-ethyl adjacent to an activating group) is 1. The Morgan fingerprint density at radius 2 is 1.81 bits per heavy atom. The number of esters is 1. The molecule has 0 bridgehead atoms. The van der Waals surface area contributed by atoms with Gasteiger partial charge in [-0.25, -0.2) is 4.57 Å². The number of unbranched alkanes of at least 4 members (excludes halogenated alkanes) is 3. The molecule has 240 valence electrons. The van der Waals surface area contributed by atoms with Crippen LogP contribution in [0, 0.1) is 11.8 Å². The number of phosphoric acid groups is 1. The molecule has 0 radical (unpaired) electrons. The van der Waals surface area contributed by atoms with Crippen molar-refractivity contribution in [2.24, 2.45) is 11.8 Å². The number of aliphatic hydroxyl groups is 2. The molecule has 1 aliphatic heterocycles. The number of nitrogens with zero attached hydrogens (tertiary/aromatic N) is 1. The Morgan fingerprint density at radius 1 is 1.07 bits per heavy atom. The fourth-order valence-corrected chi connectivity index (χ4v) is 6.87. The smallest absolute Gasteiger partial charge is 0.460 e. The molecule has 2 aliphatic rings. The van der Waals surface area contributed by atoms with E-state index in [1.54, 1.807) is 12.1 Å². The molecular formula is C31H53NO9P+. The number of carbonyl (C=O) groups is 1. The highest BCUT2D eigenvalue weighted by Crippen LogP contribution is 2.46. The number of hydrogen-bond donors (Lipinski definition) is 4. The van der Waals surface area contributed by atoms with E-state index in [2.05, 4.69) is 11.4 Å². The maximum atomic E-state index is 12.3. The minimum Gasteiger partial charge on any atom is -0.460 e. The minimum absolute atomic E-state index is 0.112. The first-order valence-corrected chi connectivity index (χ1v) is 17.2. The summed E-state index contributed by atoms with van der Waals surface area (Å²) in [6.07, 6.45) is 10.1. The van der Waals surface area contributed by atoms with Crippen molar-refractivity contribution in [2.75, 3.05) is 27.2 Å². The van der Waals surface area contributed by atoms with Gasteiger partial charge in [-0.1, -0.05) is 32.6 Å². The van der Waals surface area contributed by atoms with Gasteiger partial charge >= 0.3 is 13.8 Å². The largest absolute Gasteiger partial charge is 0.524 e. The molecular weight excluding hydrogens is 561 g/mol. The molecule has 0 aromatic heterocycles. The zero-order valence-electron chi connectivity index (χ0n) is 25.6. The molecule has 1 aliphatic carbocycles. The van der Waals surface area contributed by atoms with E-state index in [0.717, 1.165) is 69.8 Å². The van der Waals surface area contributed by atoms with Gasteiger partial charge in [0.1, 0.15) is 25.4 Å². The molecule has 1 heterocycles. The molecule has 1 saturated carbocycles. The van der Waals surface area contributed by atoms with Crippen LogP contribution < -0.4 is 4.52 Å². The number of aliphatic hydroxyl groups excluding tert-OH is 2. The lowest BCUT2D eigenvalue weighted by Gasteiger charge is -2.29. The molecule has 0 spiro atoms. The van der Waals surface area contributed by atoms with Crippen LogP contribution in [0.1, 0.15) is 89.5 Å². The monoisotopic (exact) mass is 614 g/mol. The number of rotatable bonds is 19. The van der Waals surface area contributed by atoms with Crippen LogP contribution in [0.2, 0.25) is 0 Å². The van der Waals surface area contributed by atoms with Crippen LogP contribution in [0.25, 0.3) is 0 Å². The number of quaternary nitrogens is 1. The second-order valence-corrected chi connectivity index (χ2v) is 14.1. The fourth-order valence-electron chi connectivity index (χ4n) is 6.48. The van der Waals surface area contributed by atoms with Gasteiger partial charge in [0, 0.05) is 18.4 Å². The van der Waals surface area contributed by atoms with Crippen LogP contribution in [0.4, 0.5) is 0 Å². The van der Waals surface area contributed by atoms with Crippen LogP contribution in [-0.4, -0.2) is 82.1 Å². The van der Waals surface area contributed by atoms with Crippen molar-refractivity contribution in [3.8, 4) is 5.75 Å². The SMILES string of the molecule is CCCCC[C@H](O)CC[C@@H]1[C@H]2C[C@@H](CCCCC(=O)OCC[N+](C)(C)Cc3ccc(OP(=O)(O)O)cc3)O[C@H]2C[C@H]1O. The summed E-state index contributed by atoms with van der Waals surface area (Å²) in [7, 11) is -0.512. The summed E-state index contributed by atoms with van der Waals surface area (Å²) in [5.41, 5.74) is 0.975. The summed E-state index contributed by atoms with van der Waals surface area (Å²) in [4.78, 5) is 30.1. The normalized spacial score (nSPS) is 24.9. The first-order valence-electron chi connectivity index (χ1n) is 15.7. The standard InChI is InChI=1S/C31H52NO9P/c1-4-5-6-9-24(33)14-17-27-28-20-26(40-30(28)21-29(27)34)10-7-8-11-31(35)39-19-18-32(2,3)22-23-12-15-25(16-13-23)41-42(36,37)38/h12-13,15-16,24,26-30,33-34H,4-11,14,17-22H2,1-3H3,(H-,36,37,38)/p+1/t24-,26+,27+,28+,29+,30-/m0/s1. The van der Waals surface area contributed by atoms with Gasteiger partial charge in [0.05, 0.1) is 38.5 Å². The second-order valence-electron chi connectivity index (χ2n) is 12.9. The molecule has 1 saturated heterocycles. The van der Waals surface area contributed by atoms with E-state index in [-0.39, 0.29) is 42.1 Å². The van der Waals surface area contributed by atoms with Gasteiger partial charge in [0.2, 0.25) is 0 Å². The molecule has 0 amide bonds. The Bertz CT molecular complexity index is 999. The first kappa shape index (κ1) is 35.0. The summed E-state index contributed by atoms with van der Waals surface area (Å²) in [6, 6.07) is 6.59. The third-order valence-electron chi connectivity index (χ3n) is 8.75. The van der Waals surface area contributed by atoms with Crippen LogP contribution in [0.5, 0.6) is 5.75 Å². The van der Waals surface area contributed by atoms with Crippen molar-refractivity contribution in [1.29, 1.82) is 0 Å². The van der Waals surface area contributed by atoms with Crippen molar-refractivity contribution < 1.29 is 47.8 Å². The predicted molar refractivity (Wildman–Crippen MR) is 159 cm³/mol.